The number of rotatable bonds is 4. The summed E-state index contributed by atoms with van der Waals surface area (Å²) < 4.78 is 7.63. The van der Waals surface area contributed by atoms with Gasteiger partial charge in [0.2, 0.25) is 5.91 Å². The zero-order valence-corrected chi connectivity index (χ0v) is 13.8. The Morgan fingerprint density at radius 1 is 1.33 bits per heavy atom. The van der Waals surface area contributed by atoms with Crippen molar-refractivity contribution in [1.82, 2.24) is 20.0 Å². The topological polar surface area (TPSA) is 59.4 Å². The van der Waals surface area contributed by atoms with E-state index >= 15 is 0 Å². The van der Waals surface area contributed by atoms with Gasteiger partial charge in [-0.05, 0) is 19.1 Å². The average Bonchev–Trinajstić information content (AvgIpc) is 3.08. The molecule has 3 heterocycles. The maximum Gasteiger partial charge on any atom is 0.237 e. The van der Waals surface area contributed by atoms with E-state index in [-0.39, 0.29) is 18.0 Å². The molecule has 2 aliphatic heterocycles. The summed E-state index contributed by atoms with van der Waals surface area (Å²) >= 11 is 0. The number of carbonyl (C=O) groups is 1. The van der Waals surface area contributed by atoms with Crippen molar-refractivity contribution in [2.45, 2.75) is 31.5 Å². The molecule has 24 heavy (non-hydrogen) atoms. The molecule has 4 rings (SSSR count). The Labute approximate surface area is 141 Å². The van der Waals surface area contributed by atoms with Gasteiger partial charge in [-0.15, -0.1) is 0 Å². The van der Waals surface area contributed by atoms with Gasteiger partial charge in [0.25, 0.3) is 0 Å². The van der Waals surface area contributed by atoms with Crippen molar-refractivity contribution < 1.29 is 9.53 Å². The van der Waals surface area contributed by atoms with E-state index in [1.165, 1.54) is 0 Å². The fourth-order valence-electron chi connectivity index (χ4n) is 3.42. The first-order valence-corrected chi connectivity index (χ1v) is 8.47. The molecule has 2 atom stereocenters. The standard InChI is InChI=1S/C18H22N4O2/c1-13(21-11-14(12-21)22-9-4-8-19-22)18(23)20-16-7-10-24-17-6-3-2-5-15(16)17/h2-6,8-9,13-14,16H,7,10-12H2,1H3,(H,20,23)/t13-,16-/m0/s1. The third-order valence-corrected chi connectivity index (χ3v) is 4.99. The highest BCUT2D eigenvalue weighted by molar-refractivity contribution is 5.82. The van der Waals surface area contributed by atoms with Crippen molar-refractivity contribution in [1.29, 1.82) is 0 Å². The minimum atomic E-state index is -0.133. The zero-order chi connectivity index (χ0) is 16.5. The molecule has 1 aromatic heterocycles. The first-order valence-electron chi connectivity index (χ1n) is 8.47. The summed E-state index contributed by atoms with van der Waals surface area (Å²) in [4.78, 5) is 14.8. The quantitative estimate of drug-likeness (QED) is 0.930. The van der Waals surface area contributed by atoms with Gasteiger partial charge in [-0.3, -0.25) is 14.4 Å². The second-order valence-electron chi connectivity index (χ2n) is 6.51. The van der Waals surface area contributed by atoms with Gasteiger partial charge in [0, 0.05) is 37.5 Å². The Morgan fingerprint density at radius 2 is 2.17 bits per heavy atom. The van der Waals surface area contributed by atoms with Crippen molar-refractivity contribution in [3.05, 3.63) is 48.3 Å². The van der Waals surface area contributed by atoms with E-state index in [9.17, 15) is 4.79 Å². The number of benzene rings is 1. The molecule has 0 radical (unpaired) electrons. The van der Waals surface area contributed by atoms with E-state index in [4.69, 9.17) is 4.74 Å². The predicted molar refractivity (Wildman–Crippen MR) is 89.7 cm³/mol. The van der Waals surface area contributed by atoms with Crippen LogP contribution in [0.5, 0.6) is 5.75 Å². The van der Waals surface area contributed by atoms with E-state index in [0.29, 0.717) is 12.6 Å². The third-order valence-electron chi connectivity index (χ3n) is 4.99. The van der Waals surface area contributed by atoms with E-state index in [0.717, 1.165) is 30.8 Å². The second-order valence-corrected chi connectivity index (χ2v) is 6.51. The summed E-state index contributed by atoms with van der Waals surface area (Å²) in [6.45, 7) is 4.34. The van der Waals surface area contributed by atoms with Crippen LogP contribution in [0.4, 0.5) is 0 Å². The van der Waals surface area contributed by atoms with Crippen molar-refractivity contribution >= 4 is 5.91 Å². The molecule has 6 nitrogen and oxygen atoms in total. The molecule has 1 amide bonds. The fourth-order valence-corrected chi connectivity index (χ4v) is 3.42. The maximum absolute atomic E-state index is 12.6. The third kappa shape index (κ3) is 2.78. The molecule has 0 aliphatic carbocycles. The van der Waals surface area contributed by atoms with Crippen LogP contribution >= 0.6 is 0 Å². The van der Waals surface area contributed by atoms with Crippen molar-refractivity contribution in [2.24, 2.45) is 0 Å². The summed E-state index contributed by atoms with van der Waals surface area (Å²) in [6, 6.07) is 10.1. The molecular weight excluding hydrogens is 304 g/mol. The molecular formula is C18H22N4O2. The highest BCUT2D eigenvalue weighted by atomic mass is 16.5. The lowest BCUT2D eigenvalue weighted by Gasteiger charge is -2.42. The largest absolute Gasteiger partial charge is 0.493 e. The smallest absolute Gasteiger partial charge is 0.237 e. The number of carbonyl (C=O) groups excluding carboxylic acids is 1. The number of nitrogens with one attached hydrogen (secondary N) is 1. The summed E-state index contributed by atoms with van der Waals surface area (Å²) in [5.74, 6) is 0.958. The summed E-state index contributed by atoms with van der Waals surface area (Å²) in [7, 11) is 0. The van der Waals surface area contributed by atoms with E-state index in [1.807, 2.05) is 48.1 Å². The van der Waals surface area contributed by atoms with E-state index < -0.39 is 0 Å². The van der Waals surface area contributed by atoms with Crippen LogP contribution in [0.3, 0.4) is 0 Å². The molecule has 0 unspecified atom stereocenters. The predicted octanol–water partition coefficient (Wildman–Crippen LogP) is 1.77. The van der Waals surface area contributed by atoms with Gasteiger partial charge in [0.1, 0.15) is 5.75 Å². The van der Waals surface area contributed by atoms with Gasteiger partial charge in [0.15, 0.2) is 0 Å². The number of hydrogen-bond donors (Lipinski definition) is 1. The number of hydrogen-bond acceptors (Lipinski definition) is 4. The lowest BCUT2D eigenvalue weighted by atomic mass is 9.99. The molecule has 0 bridgehead atoms. The van der Waals surface area contributed by atoms with Gasteiger partial charge in [0.05, 0.1) is 24.7 Å². The first-order chi connectivity index (χ1) is 11.7. The highest BCUT2D eigenvalue weighted by Gasteiger charge is 2.35. The highest BCUT2D eigenvalue weighted by Crippen LogP contribution is 2.32. The van der Waals surface area contributed by atoms with Crippen LogP contribution in [0, 0.1) is 0 Å². The van der Waals surface area contributed by atoms with E-state index in [2.05, 4.69) is 15.3 Å². The molecule has 2 aromatic rings. The lowest BCUT2D eigenvalue weighted by molar-refractivity contribution is -0.129. The van der Waals surface area contributed by atoms with Crippen LogP contribution < -0.4 is 10.1 Å². The number of nitrogens with zero attached hydrogens (tertiary/aromatic N) is 3. The Kier molecular flexibility index (Phi) is 3.98. The number of ether oxygens (including phenoxy) is 1. The Morgan fingerprint density at radius 3 is 2.96 bits per heavy atom. The summed E-state index contributed by atoms with van der Waals surface area (Å²) in [5.41, 5.74) is 1.07. The van der Waals surface area contributed by atoms with Gasteiger partial charge in [-0.1, -0.05) is 18.2 Å². The molecule has 2 aliphatic rings. The monoisotopic (exact) mass is 326 g/mol. The zero-order valence-electron chi connectivity index (χ0n) is 13.8. The van der Waals surface area contributed by atoms with Gasteiger partial charge in [-0.2, -0.15) is 5.10 Å². The molecule has 1 saturated heterocycles. The minimum absolute atomic E-state index is 0.0353. The average molecular weight is 326 g/mol. The summed E-state index contributed by atoms with van der Waals surface area (Å²) in [6.07, 6.45) is 4.58. The number of para-hydroxylation sites is 1. The number of fused-ring (bicyclic) bond motifs is 1. The number of amides is 1. The van der Waals surface area contributed by atoms with Crippen LogP contribution in [0.25, 0.3) is 0 Å². The van der Waals surface area contributed by atoms with Gasteiger partial charge in [-0.25, -0.2) is 0 Å². The Balaban J connectivity index is 1.35. The fraction of sp³-hybridized carbons (Fsp3) is 0.444. The van der Waals surface area contributed by atoms with Crippen LogP contribution in [-0.4, -0.2) is 46.3 Å². The van der Waals surface area contributed by atoms with Crippen molar-refractivity contribution in [3.63, 3.8) is 0 Å². The van der Waals surface area contributed by atoms with Gasteiger partial charge >= 0.3 is 0 Å². The molecule has 1 N–H and O–H groups in total. The number of likely N-dealkylation sites (tertiary alicyclic amines) is 1. The number of aromatic nitrogens is 2. The molecule has 126 valence electrons. The van der Waals surface area contributed by atoms with E-state index in [1.54, 1.807) is 6.20 Å². The van der Waals surface area contributed by atoms with Crippen LogP contribution in [0.15, 0.2) is 42.7 Å². The normalized spacial score (nSPS) is 22.1. The molecule has 6 heteroatoms. The molecule has 1 fully saturated rings. The Hall–Kier alpha value is -2.34. The molecule has 1 aromatic carbocycles. The molecule has 0 saturated carbocycles. The van der Waals surface area contributed by atoms with Crippen LogP contribution in [0.1, 0.15) is 31.0 Å². The maximum atomic E-state index is 12.6. The lowest BCUT2D eigenvalue weighted by Crippen LogP contribution is -2.56. The van der Waals surface area contributed by atoms with Crippen molar-refractivity contribution in [2.75, 3.05) is 19.7 Å². The minimum Gasteiger partial charge on any atom is -0.493 e. The SMILES string of the molecule is C[C@@H](C(=O)N[C@H]1CCOc2ccccc21)N1CC(n2cccn2)C1. The van der Waals surface area contributed by atoms with Crippen molar-refractivity contribution in [3.8, 4) is 5.75 Å². The summed E-state index contributed by atoms with van der Waals surface area (Å²) in [5, 5.41) is 7.46. The first kappa shape index (κ1) is 15.2. The van der Waals surface area contributed by atoms with Crippen LogP contribution in [0.2, 0.25) is 0 Å². The second kappa shape index (κ2) is 6.28. The Bertz CT molecular complexity index is 710. The van der Waals surface area contributed by atoms with Gasteiger partial charge < -0.3 is 10.1 Å². The molecule has 0 spiro atoms. The van der Waals surface area contributed by atoms with Crippen LogP contribution in [-0.2, 0) is 4.79 Å².